The van der Waals surface area contributed by atoms with Gasteiger partial charge >= 0.3 is 5.97 Å². The molecule has 0 bridgehead atoms. The maximum atomic E-state index is 11.1. The van der Waals surface area contributed by atoms with Gasteiger partial charge in [0.15, 0.2) is 0 Å². The van der Waals surface area contributed by atoms with Crippen molar-refractivity contribution < 1.29 is 15.0 Å². The second-order valence-corrected chi connectivity index (χ2v) is 4.78. The molecule has 0 aliphatic heterocycles. The molecule has 1 aromatic rings. The van der Waals surface area contributed by atoms with Crippen molar-refractivity contribution in [3.05, 3.63) is 34.9 Å². The van der Waals surface area contributed by atoms with Gasteiger partial charge in [0, 0.05) is 0 Å². The fourth-order valence-electron chi connectivity index (χ4n) is 2.63. The first kappa shape index (κ1) is 12.6. The Balaban J connectivity index is 2.53. The van der Waals surface area contributed by atoms with Gasteiger partial charge in [-0.05, 0) is 36.1 Å². The van der Waals surface area contributed by atoms with Crippen LogP contribution in [0.2, 0.25) is 0 Å². The zero-order valence-corrected chi connectivity index (χ0v) is 10.0. The molecular weight excluding hydrogens is 230 g/mol. The van der Waals surface area contributed by atoms with E-state index in [2.05, 4.69) is 6.07 Å². The SMILES string of the molecule is N#CC1(c2cc(CO)cc(C(=O)O)c2)CCCC1. The van der Waals surface area contributed by atoms with Crippen LogP contribution in [0.3, 0.4) is 0 Å². The van der Waals surface area contributed by atoms with Crippen molar-refractivity contribution in [2.24, 2.45) is 0 Å². The van der Waals surface area contributed by atoms with Crippen molar-refractivity contribution in [2.45, 2.75) is 37.7 Å². The normalized spacial score (nSPS) is 17.3. The van der Waals surface area contributed by atoms with Crippen molar-refractivity contribution >= 4 is 5.97 Å². The van der Waals surface area contributed by atoms with E-state index < -0.39 is 11.4 Å². The number of nitriles is 1. The first-order valence-electron chi connectivity index (χ1n) is 6.01. The Hall–Kier alpha value is -1.86. The Labute approximate surface area is 105 Å². The second-order valence-electron chi connectivity index (χ2n) is 4.78. The summed E-state index contributed by atoms with van der Waals surface area (Å²) >= 11 is 0. The van der Waals surface area contributed by atoms with Crippen LogP contribution in [0.25, 0.3) is 0 Å². The molecular formula is C14H15NO3. The summed E-state index contributed by atoms with van der Waals surface area (Å²) in [6.07, 6.45) is 3.49. The van der Waals surface area contributed by atoms with Gasteiger partial charge in [-0.2, -0.15) is 5.26 Å². The lowest BCUT2D eigenvalue weighted by molar-refractivity contribution is 0.0696. The van der Waals surface area contributed by atoms with E-state index in [1.807, 2.05) is 0 Å². The molecule has 0 atom stereocenters. The second kappa shape index (κ2) is 4.79. The molecule has 0 radical (unpaired) electrons. The van der Waals surface area contributed by atoms with Crippen molar-refractivity contribution in [1.29, 1.82) is 5.26 Å². The maximum absolute atomic E-state index is 11.1. The van der Waals surface area contributed by atoms with Gasteiger partial charge in [-0.1, -0.05) is 18.9 Å². The van der Waals surface area contributed by atoms with Gasteiger partial charge in [-0.15, -0.1) is 0 Å². The number of rotatable bonds is 3. The molecule has 2 N–H and O–H groups in total. The minimum Gasteiger partial charge on any atom is -0.478 e. The van der Waals surface area contributed by atoms with E-state index in [0.29, 0.717) is 5.56 Å². The number of aliphatic hydroxyl groups excluding tert-OH is 1. The van der Waals surface area contributed by atoms with E-state index in [4.69, 9.17) is 5.11 Å². The molecule has 1 aromatic carbocycles. The number of carbonyl (C=O) groups is 1. The zero-order chi connectivity index (χ0) is 13.2. The van der Waals surface area contributed by atoms with Gasteiger partial charge in [0.25, 0.3) is 0 Å². The summed E-state index contributed by atoms with van der Waals surface area (Å²) in [6, 6.07) is 7.10. The van der Waals surface area contributed by atoms with Gasteiger partial charge in [-0.25, -0.2) is 4.79 Å². The van der Waals surface area contributed by atoms with Crippen molar-refractivity contribution in [3.63, 3.8) is 0 Å². The van der Waals surface area contributed by atoms with Crippen molar-refractivity contribution in [1.82, 2.24) is 0 Å². The molecule has 4 heteroatoms. The molecule has 0 aromatic heterocycles. The number of aliphatic hydroxyl groups is 1. The predicted molar refractivity (Wildman–Crippen MR) is 65.1 cm³/mol. The van der Waals surface area contributed by atoms with Gasteiger partial charge in [0.1, 0.15) is 0 Å². The Kier molecular flexibility index (Phi) is 3.35. The number of carboxylic acid groups (broad SMARTS) is 1. The Bertz CT molecular complexity index is 510. The molecule has 1 aliphatic rings. The van der Waals surface area contributed by atoms with E-state index in [-0.39, 0.29) is 12.2 Å². The zero-order valence-electron chi connectivity index (χ0n) is 10.0. The molecule has 1 saturated carbocycles. The molecule has 4 nitrogen and oxygen atoms in total. The molecule has 18 heavy (non-hydrogen) atoms. The average Bonchev–Trinajstić information content (AvgIpc) is 2.88. The first-order chi connectivity index (χ1) is 8.61. The molecule has 0 unspecified atom stereocenters. The molecule has 0 saturated heterocycles. The molecule has 94 valence electrons. The smallest absolute Gasteiger partial charge is 0.335 e. The highest BCUT2D eigenvalue weighted by Gasteiger charge is 2.36. The van der Waals surface area contributed by atoms with Crippen molar-refractivity contribution in [2.75, 3.05) is 0 Å². The third-order valence-corrected chi connectivity index (χ3v) is 3.65. The van der Waals surface area contributed by atoms with Gasteiger partial charge in [0.05, 0.1) is 23.7 Å². The third-order valence-electron chi connectivity index (χ3n) is 3.65. The van der Waals surface area contributed by atoms with Crippen LogP contribution in [0.5, 0.6) is 0 Å². The highest BCUT2D eigenvalue weighted by atomic mass is 16.4. The number of benzene rings is 1. The third kappa shape index (κ3) is 2.09. The van der Waals surface area contributed by atoms with E-state index >= 15 is 0 Å². The summed E-state index contributed by atoms with van der Waals surface area (Å²) < 4.78 is 0. The summed E-state index contributed by atoms with van der Waals surface area (Å²) in [7, 11) is 0. The monoisotopic (exact) mass is 245 g/mol. The molecule has 1 fully saturated rings. The largest absolute Gasteiger partial charge is 0.478 e. The van der Waals surface area contributed by atoms with Crippen LogP contribution in [-0.2, 0) is 12.0 Å². The highest BCUT2D eigenvalue weighted by molar-refractivity contribution is 5.88. The van der Waals surface area contributed by atoms with E-state index in [1.54, 1.807) is 12.1 Å². The minimum absolute atomic E-state index is 0.137. The van der Waals surface area contributed by atoms with Gasteiger partial charge in [-0.3, -0.25) is 0 Å². The maximum Gasteiger partial charge on any atom is 0.335 e. The summed E-state index contributed by atoms with van der Waals surface area (Å²) in [5, 5.41) is 27.7. The quantitative estimate of drug-likeness (QED) is 0.855. The van der Waals surface area contributed by atoms with Crippen LogP contribution in [0, 0.1) is 11.3 Å². The lowest BCUT2D eigenvalue weighted by atomic mass is 9.79. The molecule has 0 spiro atoms. The lowest BCUT2D eigenvalue weighted by Crippen LogP contribution is -2.20. The summed E-state index contributed by atoms with van der Waals surface area (Å²) in [5.41, 5.74) is 0.839. The van der Waals surface area contributed by atoms with Crippen LogP contribution >= 0.6 is 0 Å². The van der Waals surface area contributed by atoms with Crippen LogP contribution < -0.4 is 0 Å². The van der Waals surface area contributed by atoms with E-state index in [1.165, 1.54) is 6.07 Å². The summed E-state index contributed by atoms with van der Waals surface area (Å²) in [4.78, 5) is 11.1. The summed E-state index contributed by atoms with van der Waals surface area (Å²) in [5.74, 6) is -1.03. The number of carboxylic acids is 1. The number of hydrogen-bond acceptors (Lipinski definition) is 3. The van der Waals surface area contributed by atoms with E-state index in [9.17, 15) is 15.2 Å². The van der Waals surface area contributed by atoms with Crippen LogP contribution in [-0.4, -0.2) is 16.2 Å². The van der Waals surface area contributed by atoms with Gasteiger partial charge in [0.2, 0.25) is 0 Å². The fourth-order valence-corrected chi connectivity index (χ4v) is 2.63. The molecule has 1 aliphatic carbocycles. The first-order valence-corrected chi connectivity index (χ1v) is 6.01. The number of nitrogens with zero attached hydrogens (tertiary/aromatic N) is 1. The number of aromatic carboxylic acids is 1. The highest BCUT2D eigenvalue weighted by Crippen LogP contribution is 2.41. The van der Waals surface area contributed by atoms with Gasteiger partial charge < -0.3 is 10.2 Å². The van der Waals surface area contributed by atoms with Crippen LogP contribution in [0.1, 0.15) is 47.2 Å². The fraction of sp³-hybridized carbons (Fsp3) is 0.429. The Morgan fingerprint density at radius 3 is 2.50 bits per heavy atom. The standard InChI is InChI=1S/C14H15NO3/c15-9-14(3-1-2-4-14)12-6-10(8-16)5-11(7-12)13(17)18/h5-7,16H,1-4,8H2,(H,17,18). The summed E-state index contributed by atoms with van der Waals surface area (Å²) in [6.45, 7) is -0.213. The topological polar surface area (TPSA) is 81.3 Å². The molecule has 0 amide bonds. The van der Waals surface area contributed by atoms with Crippen LogP contribution in [0.4, 0.5) is 0 Å². The number of hydrogen-bond donors (Lipinski definition) is 2. The minimum atomic E-state index is -1.03. The molecule has 0 heterocycles. The lowest BCUT2D eigenvalue weighted by Gasteiger charge is -2.21. The predicted octanol–water partition coefficient (Wildman–Crippen LogP) is 2.21. The average molecular weight is 245 g/mol. The van der Waals surface area contributed by atoms with E-state index in [0.717, 1.165) is 31.2 Å². The Morgan fingerprint density at radius 2 is 2.00 bits per heavy atom. The van der Waals surface area contributed by atoms with Crippen molar-refractivity contribution in [3.8, 4) is 6.07 Å². The molecule has 2 rings (SSSR count). The van der Waals surface area contributed by atoms with Crippen LogP contribution in [0.15, 0.2) is 18.2 Å². The Morgan fingerprint density at radius 1 is 1.33 bits per heavy atom.